The Kier molecular flexibility index (Phi) is 5.75. The first-order valence-corrected chi connectivity index (χ1v) is 10.3. The second-order valence-corrected chi connectivity index (χ2v) is 9.20. The molecule has 1 amide bonds. The molecule has 0 N–H and O–H groups in total. The smallest absolute Gasteiger partial charge is 0.325 e. The predicted octanol–water partition coefficient (Wildman–Crippen LogP) is 4.53. The van der Waals surface area contributed by atoms with Crippen LogP contribution < -0.4 is 4.80 Å². The van der Waals surface area contributed by atoms with Crippen LogP contribution in [0.25, 0.3) is 10.2 Å². The van der Waals surface area contributed by atoms with E-state index in [0.717, 1.165) is 26.9 Å². The minimum atomic E-state index is -0.382. The molecule has 0 saturated heterocycles. The summed E-state index contributed by atoms with van der Waals surface area (Å²) in [5.41, 5.74) is 4.75. The van der Waals surface area contributed by atoms with Gasteiger partial charge in [-0.3, -0.25) is 9.59 Å². The molecule has 6 heteroatoms. The highest BCUT2D eigenvalue weighted by Gasteiger charge is 2.16. The van der Waals surface area contributed by atoms with Crippen LogP contribution in [-0.2, 0) is 21.5 Å². The summed E-state index contributed by atoms with van der Waals surface area (Å²) in [6.45, 7) is 10.4. The number of hydrogen-bond donors (Lipinski definition) is 0. The van der Waals surface area contributed by atoms with Crippen LogP contribution in [0.3, 0.4) is 0 Å². The van der Waals surface area contributed by atoms with Crippen LogP contribution in [0.2, 0.25) is 0 Å². The third kappa shape index (κ3) is 4.48. The quantitative estimate of drug-likeness (QED) is 0.596. The number of hydrogen-bond acceptors (Lipinski definition) is 4. The van der Waals surface area contributed by atoms with Gasteiger partial charge in [0, 0.05) is 5.56 Å². The summed E-state index contributed by atoms with van der Waals surface area (Å²) in [7, 11) is 1.35. The number of thiazole rings is 1. The Morgan fingerprint density at radius 1 is 1.10 bits per heavy atom. The minimum absolute atomic E-state index is 0.00840. The molecule has 0 unspecified atom stereocenters. The number of ether oxygens (including phenoxy) is 1. The van der Waals surface area contributed by atoms with Crippen molar-refractivity contribution in [1.29, 1.82) is 0 Å². The predicted molar refractivity (Wildman–Crippen MR) is 116 cm³/mol. The van der Waals surface area contributed by atoms with Crippen LogP contribution in [0.5, 0.6) is 0 Å². The van der Waals surface area contributed by atoms with Crippen molar-refractivity contribution in [2.24, 2.45) is 4.99 Å². The van der Waals surface area contributed by atoms with E-state index < -0.39 is 0 Å². The van der Waals surface area contributed by atoms with Gasteiger partial charge >= 0.3 is 5.97 Å². The fourth-order valence-electron chi connectivity index (χ4n) is 3.21. The molecule has 152 valence electrons. The largest absolute Gasteiger partial charge is 0.468 e. The van der Waals surface area contributed by atoms with E-state index in [2.05, 4.69) is 31.8 Å². The highest BCUT2D eigenvalue weighted by Crippen LogP contribution is 2.24. The number of fused-ring (bicyclic) bond motifs is 1. The van der Waals surface area contributed by atoms with Crippen molar-refractivity contribution in [1.82, 2.24) is 4.57 Å². The Labute approximate surface area is 174 Å². The molecule has 0 bridgehead atoms. The van der Waals surface area contributed by atoms with Gasteiger partial charge in [0.1, 0.15) is 6.54 Å². The Hall–Kier alpha value is -2.73. The number of amides is 1. The number of rotatable bonds is 3. The molecule has 0 aliphatic heterocycles. The van der Waals surface area contributed by atoms with E-state index in [4.69, 9.17) is 4.74 Å². The second kappa shape index (κ2) is 7.95. The molecule has 29 heavy (non-hydrogen) atoms. The Balaban J connectivity index is 2.11. The van der Waals surface area contributed by atoms with Crippen molar-refractivity contribution in [3.63, 3.8) is 0 Å². The van der Waals surface area contributed by atoms with Crippen LogP contribution in [0, 0.1) is 13.8 Å². The number of aromatic nitrogens is 1. The number of carbonyl (C=O) groups excluding carboxylic acids is 2. The molecule has 0 fully saturated rings. The van der Waals surface area contributed by atoms with Gasteiger partial charge in [-0.15, -0.1) is 0 Å². The fourth-order valence-corrected chi connectivity index (χ4v) is 4.29. The van der Waals surface area contributed by atoms with Crippen molar-refractivity contribution in [2.75, 3.05) is 7.11 Å². The van der Waals surface area contributed by atoms with Gasteiger partial charge in [-0.25, -0.2) is 0 Å². The van der Waals surface area contributed by atoms with Crippen molar-refractivity contribution in [2.45, 2.75) is 46.6 Å². The summed E-state index contributed by atoms with van der Waals surface area (Å²) in [6.07, 6.45) is 0. The maximum absolute atomic E-state index is 12.8. The Bertz CT molecular complexity index is 1150. The second-order valence-electron chi connectivity index (χ2n) is 8.22. The third-order valence-electron chi connectivity index (χ3n) is 4.82. The fraction of sp³-hybridized carbons (Fsp3) is 0.348. The molecule has 2 aromatic carbocycles. The van der Waals surface area contributed by atoms with Gasteiger partial charge < -0.3 is 9.30 Å². The van der Waals surface area contributed by atoms with Gasteiger partial charge in [0.2, 0.25) is 0 Å². The molecule has 3 rings (SSSR count). The summed E-state index contributed by atoms with van der Waals surface area (Å²) in [4.78, 5) is 29.6. The van der Waals surface area contributed by atoms with Crippen molar-refractivity contribution in [3.8, 4) is 0 Å². The van der Waals surface area contributed by atoms with Crippen LogP contribution in [0.4, 0.5) is 0 Å². The number of methoxy groups -OCH3 is 1. The van der Waals surface area contributed by atoms with Crippen LogP contribution in [0.1, 0.15) is 47.8 Å². The first-order valence-electron chi connectivity index (χ1n) is 9.47. The lowest BCUT2D eigenvalue weighted by molar-refractivity contribution is -0.141. The molecule has 3 aromatic rings. The van der Waals surface area contributed by atoms with E-state index >= 15 is 0 Å². The SMILES string of the molecule is COC(=O)Cn1c(=NC(=O)c2ccc(C(C)(C)C)cc2)sc2c(C)cc(C)cc21. The van der Waals surface area contributed by atoms with Gasteiger partial charge in [-0.1, -0.05) is 50.3 Å². The minimum Gasteiger partial charge on any atom is -0.468 e. The van der Waals surface area contributed by atoms with Crippen molar-refractivity contribution >= 4 is 33.4 Å². The zero-order chi connectivity index (χ0) is 21.3. The van der Waals surface area contributed by atoms with Crippen LogP contribution >= 0.6 is 11.3 Å². The van der Waals surface area contributed by atoms with E-state index in [0.29, 0.717) is 10.4 Å². The summed E-state index contributed by atoms with van der Waals surface area (Å²) in [6, 6.07) is 11.6. The van der Waals surface area contributed by atoms with Crippen molar-refractivity contribution < 1.29 is 14.3 Å². The van der Waals surface area contributed by atoms with Gasteiger partial charge in [0.15, 0.2) is 4.80 Å². The van der Waals surface area contributed by atoms with Gasteiger partial charge in [0.25, 0.3) is 5.91 Å². The molecular formula is C23H26N2O3S. The Morgan fingerprint density at radius 2 is 1.76 bits per heavy atom. The van der Waals surface area contributed by atoms with E-state index in [-0.39, 0.29) is 23.8 Å². The van der Waals surface area contributed by atoms with Gasteiger partial charge in [-0.05, 0) is 54.2 Å². The first-order chi connectivity index (χ1) is 13.6. The molecule has 1 aromatic heterocycles. The summed E-state index contributed by atoms with van der Waals surface area (Å²) >= 11 is 1.41. The standard InChI is InChI=1S/C23H26N2O3S/c1-14-11-15(2)20-18(12-14)25(13-19(26)28-6)22(29-20)24-21(27)16-7-9-17(10-8-16)23(3,4)5/h7-12H,13H2,1-6H3. The summed E-state index contributed by atoms with van der Waals surface area (Å²) < 4.78 is 7.61. The van der Waals surface area contributed by atoms with E-state index in [1.807, 2.05) is 32.0 Å². The topological polar surface area (TPSA) is 60.7 Å². The molecule has 0 aliphatic rings. The highest BCUT2D eigenvalue weighted by molar-refractivity contribution is 7.16. The molecule has 0 radical (unpaired) electrons. The van der Waals surface area contributed by atoms with E-state index in [9.17, 15) is 9.59 Å². The van der Waals surface area contributed by atoms with Crippen LogP contribution in [-0.4, -0.2) is 23.6 Å². The molecule has 0 aliphatic carbocycles. The molecule has 0 saturated carbocycles. The molecule has 1 heterocycles. The lowest BCUT2D eigenvalue weighted by atomic mass is 9.87. The highest BCUT2D eigenvalue weighted by atomic mass is 32.1. The zero-order valence-electron chi connectivity index (χ0n) is 17.7. The Morgan fingerprint density at radius 3 is 2.34 bits per heavy atom. The third-order valence-corrected chi connectivity index (χ3v) is 6.05. The van der Waals surface area contributed by atoms with E-state index in [1.165, 1.54) is 18.4 Å². The lowest BCUT2D eigenvalue weighted by Gasteiger charge is -2.18. The van der Waals surface area contributed by atoms with Gasteiger partial charge in [0.05, 0.1) is 17.3 Å². The van der Waals surface area contributed by atoms with Crippen LogP contribution in [0.15, 0.2) is 41.4 Å². The average Bonchev–Trinajstić information content (AvgIpc) is 2.98. The monoisotopic (exact) mass is 410 g/mol. The molecule has 0 spiro atoms. The number of esters is 1. The lowest BCUT2D eigenvalue weighted by Crippen LogP contribution is -2.22. The van der Waals surface area contributed by atoms with Gasteiger partial charge in [-0.2, -0.15) is 4.99 Å². The van der Waals surface area contributed by atoms with Crippen molar-refractivity contribution in [3.05, 3.63) is 63.5 Å². The van der Waals surface area contributed by atoms with E-state index in [1.54, 1.807) is 16.7 Å². The molecule has 5 nitrogen and oxygen atoms in total. The number of carbonyl (C=O) groups is 2. The zero-order valence-corrected chi connectivity index (χ0v) is 18.5. The normalized spacial score (nSPS) is 12.4. The number of nitrogens with zero attached hydrogens (tertiary/aromatic N) is 2. The number of aryl methyl sites for hydroxylation is 2. The summed E-state index contributed by atoms with van der Waals surface area (Å²) in [5.74, 6) is -0.711. The number of benzene rings is 2. The summed E-state index contributed by atoms with van der Waals surface area (Å²) in [5, 5.41) is 0. The first kappa shape index (κ1) is 21.0. The molecular weight excluding hydrogens is 384 g/mol. The average molecular weight is 411 g/mol. The maximum Gasteiger partial charge on any atom is 0.325 e. The maximum atomic E-state index is 12.8. The molecule has 0 atom stereocenters.